The highest BCUT2D eigenvalue weighted by molar-refractivity contribution is 6.11. The standard InChI is InChI=1S/C24H22F2N6O3/c1-14(23(25)26)35-22-11-21-20(27-28-22)13-31(17-6-9-19-15(10-17)12-30(2)29-19)24(33)32(21)16-4-7-18(34-3)8-5-16/h4-12,14,23H,13H2,1-3H3/i3D3. The molecule has 1 unspecified atom stereocenters. The van der Waals surface area contributed by atoms with Crippen molar-refractivity contribution in [3.8, 4) is 11.6 Å². The first-order valence-electron chi connectivity index (χ1n) is 12.1. The highest BCUT2D eigenvalue weighted by Crippen LogP contribution is 2.38. The van der Waals surface area contributed by atoms with Crippen molar-refractivity contribution in [3.05, 3.63) is 60.4 Å². The third kappa shape index (κ3) is 4.20. The molecule has 0 aliphatic carbocycles. The predicted octanol–water partition coefficient (Wildman–Crippen LogP) is 4.68. The zero-order chi connectivity index (χ0) is 27.2. The summed E-state index contributed by atoms with van der Waals surface area (Å²) in [4.78, 5) is 16.7. The van der Waals surface area contributed by atoms with E-state index in [4.69, 9.17) is 13.6 Å². The molecule has 2 aromatic heterocycles. The molecule has 0 saturated heterocycles. The molecule has 5 rings (SSSR count). The zero-order valence-corrected chi connectivity index (χ0v) is 18.7. The normalized spacial score (nSPS) is 16.0. The number of carbonyl (C=O) groups is 1. The first-order valence-corrected chi connectivity index (χ1v) is 10.6. The Balaban J connectivity index is 1.56. The van der Waals surface area contributed by atoms with Crippen LogP contribution in [0.15, 0.2) is 54.7 Å². The van der Waals surface area contributed by atoms with Crippen LogP contribution in [-0.4, -0.2) is 45.6 Å². The minimum Gasteiger partial charge on any atom is -0.497 e. The first kappa shape index (κ1) is 19.1. The molecule has 1 aliphatic heterocycles. The van der Waals surface area contributed by atoms with Gasteiger partial charge < -0.3 is 9.47 Å². The topological polar surface area (TPSA) is 85.6 Å². The van der Waals surface area contributed by atoms with Gasteiger partial charge in [0.1, 0.15) is 11.4 Å². The van der Waals surface area contributed by atoms with Crippen LogP contribution in [0.2, 0.25) is 0 Å². The number of halogens is 2. The van der Waals surface area contributed by atoms with Gasteiger partial charge >= 0.3 is 6.03 Å². The van der Waals surface area contributed by atoms with Gasteiger partial charge in [-0.15, -0.1) is 10.2 Å². The van der Waals surface area contributed by atoms with Gasteiger partial charge in [-0.05, 0) is 49.4 Å². The molecule has 1 atom stereocenters. The van der Waals surface area contributed by atoms with E-state index < -0.39 is 25.6 Å². The average Bonchev–Trinajstić information content (AvgIpc) is 3.22. The fraction of sp³-hybridized carbons (Fsp3) is 0.250. The summed E-state index contributed by atoms with van der Waals surface area (Å²) in [5, 5.41) is 13.3. The third-order valence-corrected chi connectivity index (χ3v) is 5.58. The number of carbonyl (C=O) groups excluding carboxylic acids is 1. The lowest BCUT2D eigenvalue weighted by atomic mass is 10.1. The van der Waals surface area contributed by atoms with E-state index in [9.17, 15) is 13.6 Å². The van der Waals surface area contributed by atoms with Crippen LogP contribution in [0, 0.1) is 0 Å². The molecule has 2 amide bonds. The minimum absolute atomic E-state index is 0.0638. The van der Waals surface area contributed by atoms with Crippen LogP contribution in [0.4, 0.5) is 30.6 Å². The first-order chi connectivity index (χ1) is 18.0. The lowest BCUT2D eigenvalue weighted by molar-refractivity contribution is 0.0196. The maximum absolute atomic E-state index is 13.9. The fourth-order valence-electron chi connectivity index (χ4n) is 3.86. The Hall–Kier alpha value is -4.28. The highest BCUT2D eigenvalue weighted by Gasteiger charge is 2.35. The molecule has 0 bridgehead atoms. The molecular weight excluding hydrogens is 458 g/mol. The van der Waals surface area contributed by atoms with E-state index in [0.29, 0.717) is 22.8 Å². The van der Waals surface area contributed by atoms with E-state index in [2.05, 4.69) is 15.3 Å². The number of amides is 2. The number of aryl methyl sites for hydroxylation is 1. The predicted molar refractivity (Wildman–Crippen MR) is 126 cm³/mol. The van der Waals surface area contributed by atoms with E-state index in [1.807, 2.05) is 12.3 Å². The van der Waals surface area contributed by atoms with Gasteiger partial charge in [0, 0.05) is 30.4 Å². The quantitative estimate of drug-likeness (QED) is 0.396. The number of nitrogens with zero attached hydrogens (tertiary/aromatic N) is 6. The lowest BCUT2D eigenvalue weighted by Crippen LogP contribution is -2.45. The number of ether oxygens (including phenoxy) is 2. The number of hydrogen-bond acceptors (Lipinski definition) is 6. The minimum atomic E-state index is -2.74. The van der Waals surface area contributed by atoms with Crippen molar-refractivity contribution in [1.82, 2.24) is 20.0 Å². The second kappa shape index (κ2) is 8.82. The monoisotopic (exact) mass is 483 g/mol. The Kier molecular flexibility index (Phi) is 4.81. The molecule has 35 heavy (non-hydrogen) atoms. The number of methoxy groups -OCH3 is 1. The van der Waals surface area contributed by atoms with Gasteiger partial charge in [-0.3, -0.25) is 14.5 Å². The van der Waals surface area contributed by atoms with Crippen LogP contribution in [-0.2, 0) is 13.6 Å². The lowest BCUT2D eigenvalue weighted by Gasteiger charge is -2.36. The molecule has 1 aliphatic rings. The van der Waals surface area contributed by atoms with Gasteiger partial charge in [0.2, 0.25) is 5.88 Å². The summed E-state index contributed by atoms with van der Waals surface area (Å²) in [5.74, 6) is -0.0816. The average molecular weight is 483 g/mol. The molecule has 3 heterocycles. The molecule has 9 nitrogen and oxygen atoms in total. The van der Waals surface area contributed by atoms with E-state index in [1.165, 1.54) is 47.1 Å². The number of hydrogen-bond donors (Lipinski definition) is 0. The number of aromatic nitrogens is 4. The summed E-state index contributed by atoms with van der Waals surface area (Å²) in [6.45, 7) is 1.27. The Morgan fingerprint density at radius 1 is 1.09 bits per heavy atom. The summed E-state index contributed by atoms with van der Waals surface area (Å²) >= 11 is 0. The smallest absolute Gasteiger partial charge is 0.334 e. The highest BCUT2D eigenvalue weighted by atomic mass is 19.3. The molecule has 11 heteroatoms. The number of benzene rings is 2. The number of urea groups is 1. The maximum Gasteiger partial charge on any atom is 0.334 e. The second-order valence-corrected chi connectivity index (χ2v) is 8.02. The van der Waals surface area contributed by atoms with Crippen molar-refractivity contribution < 1.29 is 27.2 Å². The Morgan fingerprint density at radius 3 is 2.60 bits per heavy atom. The number of fused-ring (bicyclic) bond motifs is 2. The summed E-state index contributed by atoms with van der Waals surface area (Å²) in [6, 6.07) is 12.2. The second-order valence-electron chi connectivity index (χ2n) is 8.02. The van der Waals surface area contributed by atoms with Crippen molar-refractivity contribution in [3.63, 3.8) is 0 Å². The van der Waals surface area contributed by atoms with Crippen LogP contribution >= 0.6 is 0 Å². The Labute approximate surface area is 203 Å². The van der Waals surface area contributed by atoms with Gasteiger partial charge in [0.15, 0.2) is 6.10 Å². The number of alkyl halides is 2. The van der Waals surface area contributed by atoms with E-state index in [-0.39, 0.29) is 18.2 Å². The SMILES string of the molecule is [2H]C([2H])([2H])Oc1ccc(N2C(=O)N(c3ccc4nn(C)cc4c3)Cc3nnc(OC(C)C(F)F)cc32)cc1. The van der Waals surface area contributed by atoms with Gasteiger partial charge in [-0.25, -0.2) is 13.6 Å². The van der Waals surface area contributed by atoms with E-state index in [1.54, 1.807) is 23.9 Å². The Morgan fingerprint density at radius 2 is 1.86 bits per heavy atom. The van der Waals surface area contributed by atoms with Crippen molar-refractivity contribution in [2.45, 2.75) is 26.0 Å². The molecular formula is C24H22F2N6O3. The molecule has 0 spiro atoms. The summed E-state index contributed by atoms with van der Waals surface area (Å²) in [5.41, 5.74) is 2.40. The van der Waals surface area contributed by atoms with Crippen molar-refractivity contribution in [2.24, 2.45) is 7.05 Å². The van der Waals surface area contributed by atoms with Crippen molar-refractivity contribution >= 4 is 34.0 Å². The molecule has 4 aromatic rings. The molecule has 0 radical (unpaired) electrons. The molecule has 0 saturated carbocycles. The summed E-state index contributed by atoms with van der Waals surface area (Å²) in [7, 11) is -0.840. The van der Waals surface area contributed by atoms with Crippen LogP contribution < -0.4 is 19.3 Å². The van der Waals surface area contributed by atoms with Gasteiger partial charge in [-0.2, -0.15) is 5.10 Å². The van der Waals surface area contributed by atoms with Gasteiger partial charge in [0.05, 0.1) is 34.6 Å². The summed E-state index contributed by atoms with van der Waals surface area (Å²) < 4.78 is 59.8. The third-order valence-electron chi connectivity index (χ3n) is 5.58. The van der Waals surface area contributed by atoms with Gasteiger partial charge in [-0.1, -0.05) is 0 Å². The van der Waals surface area contributed by atoms with Crippen LogP contribution in [0.3, 0.4) is 0 Å². The van der Waals surface area contributed by atoms with Crippen LogP contribution in [0.1, 0.15) is 16.7 Å². The largest absolute Gasteiger partial charge is 0.497 e. The molecule has 2 aromatic carbocycles. The maximum atomic E-state index is 13.9. The van der Waals surface area contributed by atoms with Crippen molar-refractivity contribution in [1.29, 1.82) is 0 Å². The van der Waals surface area contributed by atoms with E-state index in [0.717, 1.165) is 10.9 Å². The van der Waals surface area contributed by atoms with Crippen LogP contribution in [0.25, 0.3) is 10.9 Å². The number of anilines is 3. The van der Waals surface area contributed by atoms with E-state index >= 15 is 0 Å². The molecule has 0 N–H and O–H groups in total. The summed E-state index contributed by atoms with van der Waals surface area (Å²) in [6.07, 6.45) is -2.35. The van der Waals surface area contributed by atoms with Gasteiger partial charge in [0.25, 0.3) is 6.43 Å². The Bertz CT molecular complexity index is 1500. The molecule has 180 valence electrons. The zero-order valence-electron chi connectivity index (χ0n) is 21.7. The van der Waals surface area contributed by atoms with Crippen molar-refractivity contribution in [2.75, 3.05) is 16.8 Å². The van der Waals surface area contributed by atoms with Crippen LogP contribution in [0.5, 0.6) is 11.6 Å². The fourth-order valence-corrected chi connectivity index (χ4v) is 3.86. The number of rotatable bonds is 6. The molecule has 0 fully saturated rings.